The van der Waals surface area contributed by atoms with Gasteiger partial charge in [-0.25, -0.2) is 4.98 Å². The third-order valence-corrected chi connectivity index (χ3v) is 7.60. The predicted octanol–water partition coefficient (Wildman–Crippen LogP) is 4.99. The Balaban J connectivity index is 1.73. The van der Waals surface area contributed by atoms with Crippen LogP contribution in [0.15, 0.2) is 36.4 Å². The molecule has 4 aromatic rings. The van der Waals surface area contributed by atoms with E-state index in [1.807, 2.05) is 43.3 Å². The van der Waals surface area contributed by atoms with Gasteiger partial charge >= 0.3 is 0 Å². The number of Topliss-reactive ketones (excluding diaryl/α,β-unsaturated/α-hetero) is 2. The fourth-order valence-corrected chi connectivity index (χ4v) is 6.22. The van der Waals surface area contributed by atoms with Gasteiger partial charge in [0.1, 0.15) is 22.7 Å². The largest absolute Gasteiger partial charge is 0.496 e. The number of nitrogens with zero attached hydrogens (tertiary/aromatic N) is 1. The standard InChI is InChI=1S/C29H25NO6/c1-14-12-16-13-15-10-11-29(22(15)25(35-4)19(16)28(30-14)36-5)26(31)20-21(27(29)32)24(34-3)18-9-7-6-8-17(18)23(20)33-2/h6-9,12-13H,10-11H2,1-5H3. The number of ether oxygens (including phenoxy) is 4. The normalized spacial score (nSPS) is 15.5. The molecule has 1 aromatic heterocycles. The summed E-state index contributed by atoms with van der Waals surface area (Å²) >= 11 is 0. The van der Waals surface area contributed by atoms with Crippen molar-refractivity contribution >= 4 is 33.1 Å². The first-order valence-corrected chi connectivity index (χ1v) is 11.7. The van der Waals surface area contributed by atoms with Crippen molar-refractivity contribution in [1.82, 2.24) is 4.98 Å². The minimum Gasteiger partial charge on any atom is -0.496 e. The number of carbonyl (C=O) groups excluding carboxylic acids is 2. The molecule has 0 atom stereocenters. The lowest BCUT2D eigenvalue weighted by molar-refractivity contribution is 0.0790. The van der Waals surface area contributed by atoms with E-state index in [0.717, 1.165) is 27.4 Å². The second-order valence-electron chi connectivity index (χ2n) is 9.24. The first-order valence-electron chi connectivity index (χ1n) is 11.7. The second-order valence-corrected chi connectivity index (χ2v) is 9.24. The Kier molecular flexibility index (Phi) is 4.77. The number of hydrogen-bond donors (Lipinski definition) is 0. The van der Waals surface area contributed by atoms with Crippen LogP contribution in [-0.2, 0) is 11.8 Å². The summed E-state index contributed by atoms with van der Waals surface area (Å²) in [7, 11) is 6.14. The predicted molar refractivity (Wildman–Crippen MR) is 135 cm³/mol. The molecule has 0 bridgehead atoms. The maximum Gasteiger partial charge on any atom is 0.225 e. The smallest absolute Gasteiger partial charge is 0.225 e. The lowest BCUT2D eigenvalue weighted by atomic mass is 9.76. The molecule has 0 unspecified atom stereocenters. The van der Waals surface area contributed by atoms with Crippen LogP contribution in [0.25, 0.3) is 21.5 Å². The summed E-state index contributed by atoms with van der Waals surface area (Å²) in [5.41, 5.74) is 1.38. The van der Waals surface area contributed by atoms with Crippen LogP contribution in [0.3, 0.4) is 0 Å². The molecular formula is C29H25NO6. The molecule has 7 nitrogen and oxygen atoms in total. The molecule has 6 rings (SSSR count). The van der Waals surface area contributed by atoms with E-state index in [2.05, 4.69) is 4.98 Å². The number of hydrogen-bond acceptors (Lipinski definition) is 7. The van der Waals surface area contributed by atoms with E-state index in [9.17, 15) is 9.59 Å². The summed E-state index contributed by atoms with van der Waals surface area (Å²) < 4.78 is 23.1. The van der Waals surface area contributed by atoms with Gasteiger partial charge in [-0.15, -0.1) is 0 Å². The molecule has 0 N–H and O–H groups in total. The van der Waals surface area contributed by atoms with Gasteiger partial charge in [-0.2, -0.15) is 0 Å². The van der Waals surface area contributed by atoms with Gasteiger partial charge in [0, 0.05) is 22.0 Å². The molecule has 0 saturated heterocycles. The van der Waals surface area contributed by atoms with Gasteiger partial charge in [-0.05, 0) is 36.8 Å². The van der Waals surface area contributed by atoms with Crippen LogP contribution in [0.4, 0.5) is 0 Å². The van der Waals surface area contributed by atoms with E-state index < -0.39 is 5.41 Å². The highest BCUT2D eigenvalue weighted by atomic mass is 16.5. The number of aryl methyl sites for hydroxylation is 2. The van der Waals surface area contributed by atoms with Crippen molar-refractivity contribution in [3.63, 3.8) is 0 Å². The molecular weight excluding hydrogens is 458 g/mol. The molecule has 1 heterocycles. The SMILES string of the molecule is COc1c2c(c(OC)c3ccccc13)C(=O)C1(CCc3cc4cc(C)nc(OC)c4c(OC)c31)C2=O. The lowest BCUT2D eigenvalue weighted by Gasteiger charge is -2.24. The quantitative estimate of drug-likeness (QED) is 0.378. The highest BCUT2D eigenvalue weighted by molar-refractivity contribution is 6.37. The Morgan fingerprint density at radius 1 is 0.806 bits per heavy atom. The van der Waals surface area contributed by atoms with Gasteiger partial charge in [0.05, 0.1) is 45.0 Å². The van der Waals surface area contributed by atoms with E-state index >= 15 is 0 Å². The van der Waals surface area contributed by atoms with Crippen LogP contribution in [0.2, 0.25) is 0 Å². The summed E-state index contributed by atoms with van der Waals surface area (Å²) in [4.78, 5) is 33.4. The van der Waals surface area contributed by atoms with Crippen molar-refractivity contribution in [3.05, 3.63) is 64.3 Å². The summed E-state index contributed by atoms with van der Waals surface area (Å²) in [6, 6.07) is 11.5. The van der Waals surface area contributed by atoms with Gasteiger partial charge < -0.3 is 18.9 Å². The Hall–Kier alpha value is -4.13. The summed E-state index contributed by atoms with van der Waals surface area (Å²) in [5.74, 6) is 1.03. The number of aromatic nitrogens is 1. The Labute approximate surface area is 207 Å². The number of fused-ring (bicyclic) bond motifs is 5. The van der Waals surface area contributed by atoms with E-state index in [1.54, 1.807) is 14.2 Å². The first-order chi connectivity index (χ1) is 17.4. The zero-order chi connectivity index (χ0) is 25.4. The molecule has 0 amide bonds. The first kappa shape index (κ1) is 22.3. The molecule has 0 fully saturated rings. The third-order valence-electron chi connectivity index (χ3n) is 7.60. The van der Waals surface area contributed by atoms with Crippen LogP contribution in [0.5, 0.6) is 23.1 Å². The zero-order valence-corrected chi connectivity index (χ0v) is 20.8. The molecule has 0 aliphatic heterocycles. The van der Waals surface area contributed by atoms with E-state index in [0.29, 0.717) is 46.9 Å². The lowest BCUT2D eigenvalue weighted by Crippen LogP contribution is -2.36. The van der Waals surface area contributed by atoms with Crippen molar-refractivity contribution in [2.45, 2.75) is 25.2 Å². The van der Waals surface area contributed by atoms with Crippen LogP contribution in [0, 0.1) is 6.92 Å². The van der Waals surface area contributed by atoms with Gasteiger partial charge in [0.25, 0.3) is 0 Å². The van der Waals surface area contributed by atoms with Crippen molar-refractivity contribution in [3.8, 4) is 23.1 Å². The number of benzene rings is 3. The molecule has 182 valence electrons. The van der Waals surface area contributed by atoms with Crippen molar-refractivity contribution in [2.24, 2.45) is 0 Å². The van der Waals surface area contributed by atoms with Crippen molar-refractivity contribution in [1.29, 1.82) is 0 Å². The molecule has 3 aromatic carbocycles. The molecule has 1 spiro atoms. The number of pyridine rings is 1. The van der Waals surface area contributed by atoms with Gasteiger partial charge in [-0.1, -0.05) is 30.3 Å². The van der Waals surface area contributed by atoms with Gasteiger partial charge in [-0.3, -0.25) is 9.59 Å². The average molecular weight is 484 g/mol. The number of ketones is 2. The van der Waals surface area contributed by atoms with Gasteiger partial charge in [0.15, 0.2) is 11.6 Å². The van der Waals surface area contributed by atoms with Crippen LogP contribution in [-0.4, -0.2) is 45.0 Å². The summed E-state index contributed by atoms with van der Waals surface area (Å²) in [6.07, 6.45) is 0.889. The van der Waals surface area contributed by atoms with Crippen molar-refractivity contribution in [2.75, 3.05) is 28.4 Å². The van der Waals surface area contributed by atoms with Crippen LogP contribution < -0.4 is 18.9 Å². The van der Waals surface area contributed by atoms with E-state index in [-0.39, 0.29) is 22.7 Å². The number of rotatable bonds is 4. The molecule has 0 saturated carbocycles. The molecule has 36 heavy (non-hydrogen) atoms. The Morgan fingerprint density at radius 3 is 1.92 bits per heavy atom. The van der Waals surface area contributed by atoms with Crippen LogP contribution in [0.1, 0.15) is 44.0 Å². The Morgan fingerprint density at radius 2 is 1.39 bits per heavy atom. The minimum atomic E-state index is -1.44. The highest BCUT2D eigenvalue weighted by Crippen LogP contribution is 2.58. The molecule has 2 aliphatic carbocycles. The third kappa shape index (κ3) is 2.55. The minimum absolute atomic E-state index is 0.266. The van der Waals surface area contributed by atoms with E-state index in [4.69, 9.17) is 18.9 Å². The average Bonchev–Trinajstić information content (AvgIpc) is 3.37. The fraction of sp³-hybridized carbons (Fsp3) is 0.276. The Bertz CT molecular complexity index is 1570. The van der Waals surface area contributed by atoms with Crippen molar-refractivity contribution < 1.29 is 28.5 Å². The maximum absolute atomic E-state index is 14.4. The topological polar surface area (TPSA) is 84.0 Å². The fourth-order valence-electron chi connectivity index (χ4n) is 6.22. The zero-order valence-electron chi connectivity index (χ0n) is 20.8. The molecule has 0 radical (unpaired) electrons. The number of methoxy groups -OCH3 is 4. The maximum atomic E-state index is 14.4. The highest BCUT2D eigenvalue weighted by Gasteiger charge is 2.61. The summed E-state index contributed by atoms with van der Waals surface area (Å²) in [5, 5.41) is 2.98. The van der Waals surface area contributed by atoms with E-state index in [1.165, 1.54) is 14.2 Å². The molecule has 2 aliphatic rings. The molecule has 7 heteroatoms. The second kappa shape index (κ2) is 7.68. The van der Waals surface area contributed by atoms with Gasteiger partial charge in [0.2, 0.25) is 5.88 Å². The van der Waals surface area contributed by atoms with Crippen LogP contribution >= 0.6 is 0 Å². The number of carbonyl (C=O) groups is 2. The monoisotopic (exact) mass is 483 g/mol. The summed E-state index contributed by atoms with van der Waals surface area (Å²) in [6.45, 7) is 1.90.